The molecule has 0 radical (unpaired) electrons. The SMILES string of the molecule is N=C(N)c1nccnc1N1CCOC2CCCCC21. The molecule has 1 aliphatic carbocycles. The molecular formula is C13H19N5O. The van der Waals surface area contributed by atoms with Crippen LogP contribution >= 0.6 is 0 Å². The van der Waals surface area contributed by atoms with Gasteiger partial charge in [-0.2, -0.15) is 0 Å². The Balaban J connectivity index is 1.94. The normalized spacial score (nSPS) is 26.8. The van der Waals surface area contributed by atoms with E-state index >= 15 is 0 Å². The second-order valence-electron chi connectivity index (χ2n) is 5.10. The number of hydrogen-bond donors (Lipinski definition) is 2. The molecule has 2 aliphatic rings. The van der Waals surface area contributed by atoms with Crippen molar-refractivity contribution in [3.05, 3.63) is 18.1 Å². The van der Waals surface area contributed by atoms with E-state index in [-0.39, 0.29) is 11.9 Å². The number of nitrogens with two attached hydrogens (primary N) is 1. The van der Waals surface area contributed by atoms with Crippen LogP contribution in [0.2, 0.25) is 0 Å². The summed E-state index contributed by atoms with van der Waals surface area (Å²) in [6, 6.07) is 0.345. The molecule has 1 aromatic heterocycles. The fourth-order valence-electron chi connectivity index (χ4n) is 3.09. The molecule has 0 amide bonds. The predicted octanol–water partition coefficient (Wildman–Crippen LogP) is 0.908. The summed E-state index contributed by atoms with van der Waals surface area (Å²) in [5.41, 5.74) is 6.09. The molecule has 1 saturated heterocycles. The van der Waals surface area contributed by atoms with Gasteiger partial charge in [-0.15, -0.1) is 0 Å². The Labute approximate surface area is 112 Å². The van der Waals surface area contributed by atoms with Crippen LogP contribution in [0.5, 0.6) is 0 Å². The quantitative estimate of drug-likeness (QED) is 0.610. The molecule has 19 heavy (non-hydrogen) atoms. The van der Waals surface area contributed by atoms with E-state index in [9.17, 15) is 0 Å². The van der Waals surface area contributed by atoms with Crippen LogP contribution in [0.1, 0.15) is 31.4 Å². The van der Waals surface area contributed by atoms with Gasteiger partial charge in [0.25, 0.3) is 0 Å². The number of nitrogens with zero attached hydrogens (tertiary/aromatic N) is 3. The lowest BCUT2D eigenvalue weighted by molar-refractivity contribution is -0.00902. The first-order chi connectivity index (χ1) is 9.27. The van der Waals surface area contributed by atoms with Crippen LogP contribution in [0.25, 0.3) is 0 Å². The number of anilines is 1. The van der Waals surface area contributed by atoms with Gasteiger partial charge in [-0.1, -0.05) is 12.8 Å². The topological polar surface area (TPSA) is 88.1 Å². The third-order valence-corrected chi connectivity index (χ3v) is 3.94. The maximum atomic E-state index is 7.64. The minimum atomic E-state index is -0.0260. The van der Waals surface area contributed by atoms with Crippen molar-refractivity contribution in [3.8, 4) is 0 Å². The molecule has 2 unspecified atom stereocenters. The van der Waals surface area contributed by atoms with Gasteiger partial charge in [0.2, 0.25) is 0 Å². The minimum absolute atomic E-state index is 0.0260. The molecule has 2 atom stereocenters. The van der Waals surface area contributed by atoms with Crippen LogP contribution in [-0.2, 0) is 4.74 Å². The third kappa shape index (κ3) is 2.28. The molecule has 2 heterocycles. The number of ether oxygens (including phenoxy) is 1. The molecule has 3 N–H and O–H groups in total. The van der Waals surface area contributed by atoms with Crippen molar-refractivity contribution in [2.45, 2.75) is 37.8 Å². The molecule has 1 aromatic rings. The van der Waals surface area contributed by atoms with Gasteiger partial charge in [0.05, 0.1) is 18.8 Å². The van der Waals surface area contributed by atoms with Crippen molar-refractivity contribution >= 4 is 11.7 Å². The summed E-state index contributed by atoms with van der Waals surface area (Å²) < 4.78 is 5.86. The van der Waals surface area contributed by atoms with Crippen LogP contribution in [0.15, 0.2) is 12.4 Å². The second kappa shape index (κ2) is 5.13. The lowest BCUT2D eigenvalue weighted by Crippen LogP contribution is -2.53. The van der Waals surface area contributed by atoms with Gasteiger partial charge in [-0.05, 0) is 12.8 Å². The van der Waals surface area contributed by atoms with Crippen LogP contribution < -0.4 is 10.6 Å². The van der Waals surface area contributed by atoms with E-state index in [0.717, 1.165) is 25.2 Å². The van der Waals surface area contributed by atoms with Crippen molar-refractivity contribution in [3.63, 3.8) is 0 Å². The van der Waals surface area contributed by atoms with E-state index in [1.54, 1.807) is 12.4 Å². The fourth-order valence-corrected chi connectivity index (χ4v) is 3.09. The summed E-state index contributed by atoms with van der Waals surface area (Å²) in [5.74, 6) is 0.706. The molecule has 102 valence electrons. The average molecular weight is 261 g/mol. The molecule has 6 heteroatoms. The Kier molecular flexibility index (Phi) is 3.33. The number of rotatable bonds is 2. The van der Waals surface area contributed by atoms with Gasteiger partial charge in [-0.3, -0.25) is 5.41 Å². The van der Waals surface area contributed by atoms with Crippen molar-refractivity contribution < 1.29 is 4.74 Å². The molecule has 0 aromatic carbocycles. The Bertz CT molecular complexity index is 476. The average Bonchev–Trinajstić information content (AvgIpc) is 2.46. The zero-order chi connectivity index (χ0) is 13.2. The van der Waals surface area contributed by atoms with Crippen LogP contribution in [0.3, 0.4) is 0 Å². The second-order valence-corrected chi connectivity index (χ2v) is 5.10. The Hall–Kier alpha value is -1.69. The summed E-state index contributed by atoms with van der Waals surface area (Å²) in [5, 5.41) is 7.64. The summed E-state index contributed by atoms with van der Waals surface area (Å²) in [6.45, 7) is 1.50. The highest BCUT2D eigenvalue weighted by Gasteiger charge is 2.36. The van der Waals surface area contributed by atoms with Gasteiger partial charge in [-0.25, -0.2) is 9.97 Å². The highest BCUT2D eigenvalue weighted by Crippen LogP contribution is 2.31. The third-order valence-electron chi connectivity index (χ3n) is 3.94. The lowest BCUT2D eigenvalue weighted by atomic mass is 9.90. The van der Waals surface area contributed by atoms with Gasteiger partial charge in [0, 0.05) is 18.9 Å². The van der Waals surface area contributed by atoms with Gasteiger partial charge in [0.15, 0.2) is 5.82 Å². The number of nitrogens with one attached hydrogen (secondary N) is 1. The van der Waals surface area contributed by atoms with Gasteiger partial charge in [0.1, 0.15) is 11.5 Å². The van der Waals surface area contributed by atoms with Gasteiger partial charge >= 0.3 is 0 Å². The fraction of sp³-hybridized carbons (Fsp3) is 0.615. The van der Waals surface area contributed by atoms with Crippen LogP contribution in [-0.4, -0.2) is 41.1 Å². The molecule has 1 saturated carbocycles. The molecule has 2 fully saturated rings. The standard InChI is InChI=1S/C13H19N5O/c14-12(15)11-13(17-6-5-16-11)18-7-8-19-10-4-2-1-3-9(10)18/h5-6,9-10H,1-4,7-8H2,(H3,14,15). The lowest BCUT2D eigenvalue weighted by Gasteiger charge is -2.44. The van der Waals surface area contributed by atoms with E-state index in [1.807, 2.05) is 0 Å². The van der Waals surface area contributed by atoms with E-state index in [2.05, 4.69) is 14.9 Å². The van der Waals surface area contributed by atoms with Crippen molar-refractivity contribution in [1.82, 2.24) is 9.97 Å². The van der Waals surface area contributed by atoms with E-state index in [4.69, 9.17) is 15.9 Å². The number of fused-ring (bicyclic) bond motifs is 1. The highest BCUT2D eigenvalue weighted by molar-refractivity contribution is 5.97. The largest absolute Gasteiger partial charge is 0.382 e. The maximum Gasteiger partial charge on any atom is 0.158 e. The summed E-state index contributed by atoms with van der Waals surface area (Å²) in [7, 11) is 0. The van der Waals surface area contributed by atoms with Crippen molar-refractivity contribution in [2.24, 2.45) is 5.73 Å². The number of morpholine rings is 1. The van der Waals surface area contributed by atoms with Crippen LogP contribution in [0.4, 0.5) is 5.82 Å². The smallest absolute Gasteiger partial charge is 0.158 e. The number of nitrogen functional groups attached to an aromatic ring is 1. The first kappa shape index (κ1) is 12.3. The van der Waals surface area contributed by atoms with E-state index in [1.165, 1.54) is 12.8 Å². The minimum Gasteiger partial charge on any atom is -0.382 e. The first-order valence-corrected chi connectivity index (χ1v) is 6.81. The summed E-state index contributed by atoms with van der Waals surface area (Å²) >= 11 is 0. The highest BCUT2D eigenvalue weighted by atomic mass is 16.5. The monoisotopic (exact) mass is 261 g/mol. The summed E-state index contributed by atoms with van der Waals surface area (Å²) in [4.78, 5) is 10.8. The Morgan fingerprint density at radius 2 is 2.11 bits per heavy atom. The maximum absolute atomic E-state index is 7.64. The molecule has 3 rings (SSSR count). The predicted molar refractivity (Wildman–Crippen MR) is 72.4 cm³/mol. The summed E-state index contributed by atoms with van der Waals surface area (Å²) in [6.07, 6.45) is 8.19. The Morgan fingerprint density at radius 1 is 1.32 bits per heavy atom. The molecule has 1 aliphatic heterocycles. The molecule has 0 spiro atoms. The molecular weight excluding hydrogens is 242 g/mol. The van der Waals surface area contributed by atoms with Crippen molar-refractivity contribution in [1.29, 1.82) is 5.41 Å². The Morgan fingerprint density at radius 3 is 2.95 bits per heavy atom. The van der Waals surface area contributed by atoms with Gasteiger partial charge < -0.3 is 15.4 Å². The molecule has 6 nitrogen and oxygen atoms in total. The van der Waals surface area contributed by atoms with Crippen molar-refractivity contribution in [2.75, 3.05) is 18.1 Å². The number of hydrogen-bond acceptors (Lipinski definition) is 5. The number of aromatic nitrogens is 2. The van der Waals surface area contributed by atoms with E-state index < -0.39 is 0 Å². The van der Waals surface area contributed by atoms with E-state index in [0.29, 0.717) is 18.3 Å². The van der Waals surface area contributed by atoms with Crippen LogP contribution in [0, 0.1) is 5.41 Å². The first-order valence-electron chi connectivity index (χ1n) is 6.81. The zero-order valence-electron chi connectivity index (χ0n) is 10.9. The zero-order valence-corrected chi connectivity index (χ0v) is 10.9. The molecule has 0 bridgehead atoms. The number of amidine groups is 1.